The molecule has 1 aliphatic rings. The van der Waals surface area contributed by atoms with Crippen LogP contribution < -0.4 is 0 Å². The van der Waals surface area contributed by atoms with Crippen LogP contribution in [0.4, 0.5) is 0 Å². The van der Waals surface area contributed by atoms with Gasteiger partial charge in [-0.25, -0.2) is 0 Å². The summed E-state index contributed by atoms with van der Waals surface area (Å²) in [5.74, 6) is 0. The molecule has 1 aliphatic carbocycles. The van der Waals surface area contributed by atoms with Crippen molar-refractivity contribution in [2.45, 2.75) is 44.4 Å². The summed E-state index contributed by atoms with van der Waals surface area (Å²) in [5, 5.41) is 1.21. The molecule has 1 rings (SSSR count). The van der Waals surface area contributed by atoms with Crippen molar-refractivity contribution in [1.82, 2.24) is 0 Å². The quantitative estimate of drug-likeness (QED) is 0.580. The van der Waals surface area contributed by atoms with Crippen LogP contribution in [0.25, 0.3) is 0 Å². The summed E-state index contributed by atoms with van der Waals surface area (Å²) in [6, 6.07) is 0. The standard InChI is InChI=1S/C9H14Cl2/c1-2-8(10)7-5-3-4-6-9(7)11/h8H,2-6H2,1H3. The number of allylic oxidation sites excluding steroid dienone is 2. The molecule has 2 heteroatoms. The molecule has 0 heterocycles. The maximum atomic E-state index is 6.10. The third-order valence-electron chi connectivity index (χ3n) is 2.18. The summed E-state index contributed by atoms with van der Waals surface area (Å²) < 4.78 is 0. The zero-order valence-corrected chi connectivity index (χ0v) is 8.38. The molecule has 0 aromatic carbocycles. The molecule has 0 amide bonds. The highest BCUT2D eigenvalue weighted by atomic mass is 35.5. The van der Waals surface area contributed by atoms with Gasteiger partial charge in [-0.1, -0.05) is 18.5 Å². The third kappa shape index (κ3) is 2.38. The summed E-state index contributed by atoms with van der Waals surface area (Å²) in [4.78, 5) is 0. The van der Waals surface area contributed by atoms with E-state index < -0.39 is 0 Å². The van der Waals surface area contributed by atoms with E-state index in [9.17, 15) is 0 Å². The van der Waals surface area contributed by atoms with Crippen LogP contribution in [0.5, 0.6) is 0 Å². The molecule has 0 aromatic rings. The SMILES string of the molecule is CCC(Cl)C1=C(Cl)CCCC1. The Labute approximate surface area is 78.6 Å². The van der Waals surface area contributed by atoms with Gasteiger partial charge >= 0.3 is 0 Å². The summed E-state index contributed by atoms with van der Waals surface area (Å²) in [6.45, 7) is 2.10. The molecule has 0 saturated heterocycles. The number of hydrogen-bond donors (Lipinski definition) is 0. The van der Waals surface area contributed by atoms with Crippen molar-refractivity contribution >= 4 is 23.2 Å². The van der Waals surface area contributed by atoms with Gasteiger partial charge in [-0.2, -0.15) is 0 Å². The normalized spacial score (nSPS) is 22.1. The maximum absolute atomic E-state index is 6.10. The first-order chi connectivity index (χ1) is 5.25. The Kier molecular flexibility index (Phi) is 3.74. The lowest BCUT2D eigenvalue weighted by molar-refractivity contribution is 0.664. The fraction of sp³-hybridized carbons (Fsp3) is 0.778. The van der Waals surface area contributed by atoms with Gasteiger partial charge in [0.2, 0.25) is 0 Å². The summed E-state index contributed by atoms with van der Waals surface area (Å²) in [5.41, 5.74) is 1.29. The van der Waals surface area contributed by atoms with E-state index in [0.29, 0.717) is 0 Å². The smallest absolute Gasteiger partial charge is 0.0556 e. The first-order valence-corrected chi connectivity index (χ1v) is 5.08. The van der Waals surface area contributed by atoms with Crippen molar-refractivity contribution in [3.8, 4) is 0 Å². The predicted molar refractivity (Wildman–Crippen MR) is 51.3 cm³/mol. The van der Waals surface area contributed by atoms with Crippen molar-refractivity contribution in [2.24, 2.45) is 0 Å². The van der Waals surface area contributed by atoms with Gasteiger partial charge in [-0.3, -0.25) is 0 Å². The number of hydrogen-bond acceptors (Lipinski definition) is 0. The van der Waals surface area contributed by atoms with Crippen LogP contribution in [0.15, 0.2) is 10.6 Å². The minimum Gasteiger partial charge on any atom is -0.118 e. The molecule has 0 bridgehead atoms. The predicted octanol–water partition coefficient (Wildman–Crippen LogP) is 4.07. The largest absolute Gasteiger partial charge is 0.118 e. The van der Waals surface area contributed by atoms with Crippen LogP contribution in [0.2, 0.25) is 0 Å². The van der Waals surface area contributed by atoms with E-state index >= 15 is 0 Å². The fourth-order valence-corrected chi connectivity index (χ4v) is 2.12. The monoisotopic (exact) mass is 192 g/mol. The van der Waals surface area contributed by atoms with Crippen molar-refractivity contribution < 1.29 is 0 Å². The summed E-state index contributed by atoms with van der Waals surface area (Å²) in [7, 11) is 0. The van der Waals surface area contributed by atoms with Crippen LogP contribution in [-0.2, 0) is 0 Å². The zero-order chi connectivity index (χ0) is 8.27. The van der Waals surface area contributed by atoms with Gasteiger partial charge in [0.1, 0.15) is 0 Å². The Morgan fingerprint density at radius 3 is 2.55 bits per heavy atom. The lowest BCUT2D eigenvalue weighted by atomic mass is 9.96. The molecule has 0 fully saturated rings. The van der Waals surface area contributed by atoms with E-state index in [4.69, 9.17) is 23.2 Å². The van der Waals surface area contributed by atoms with Gasteiger partial charge in [0, 0.05) is 5.03 Å². The van der Waals surface area contributed by atoms with E-state index in [1.165, 1.54) is 18.4 Å². The second-order valence-corrected chi connectivity index (χ2v) is 4.00. The Bertz CT molecular complexity index is 161. The van der Waals surface area contributed by atoms with E-state index in [2.05, 4.69) is 6.92 Å². The second-order valence-electron chi connectivity index (χ2n) is 3.01. The van der Waals surface area contributed by atoms with Crippen molar-refractivity contribution in [3.05, 3.63) is 10.6 Å². The molecule has 1 atom stereocenters. The summed E-state index contributed by atoms with van der Waals surface area (Å²) >= 11 is 12.1. The molecule has 0 saturated carbocycles. The first-order valence-electron chi connectivity index (χ1n) is 4.27. The first kappa shape index (κ1) is 9.41. The zero-order valence-electron chi connectivity index (χ0n) is 6.87. The van der Waals surface area contributed by atoms with E-state index in [1.54, 1.807) is 0 Å². The van der Waals surface area contributed by atoms with Crippen molar-refractivity contribution in [1.29, 1.82) is 0 Å². The van der Waals surface area contributed by atoms with E-state index in [-0.39, 0.29) is 5.38 Å². The highest BCUT2D eigenvalue weighted by Gasteiger charge is 2.16. The Morgan fingerprint density at radius 2 is 2.00 bits per heavy atom. The summed E-state index contributed by atoms with van der Waals surface area (Å²) in [6.07, 6.45) is 5.64. The number of alkyl halides is 1. The van der Waals surface area contributed by atoms with Crippen LogP contribution >= 0.6 is 23.2 Å². The minimum absolute atomic E-state index is 0.183. The number of halogens is 2. The van der Waals surface area contributed by atoms with Crippen LogP contribution in [-0.4, -0.2) is 5.38 Å². The van der Waals surface area contributed by atoms with Gasteiger partial charge in [0.05, 0.1) is 5.38 Å². The molecule has 1 unspecified atom stereocenters. The third-order valence-corrected chi connectivity index (χ3v) is 3.18. The maximum Gasteiger partial charge on any atom is 0.0556 e. The van der Waals surface area contributed by atoms with E-state index in [0.717, 1.165) is 24.3 Å². The average Bonchev–Trinajstić information content (AvgIpc) is 2.04. The molecule has 0 nitrogen and oxygen atoms in total. The van der Waals surface area contributed by atoms with Crippen LogP contribution in [0.3, 0.4) is 0 Å². The molecular weight excluding hydrogens is 179 g/mol. The lowest BCUT2D eigenvalue weighted by Crippen LogP contribution is -2.07. The highest BCUT2D eigenvalue weighted by Crippen LogP contribution is 2.32. The van der Waals surface area contributed by atoms with Gasteiger partial charge < -0.3 is 0 Å². The molecular formula is C9H14Cl2. The van der Waals surface area contributed by atoms with Crippen molar-refractivity contribution in [3.63, 3.8) is 0 Å². The Morgan fingerprint density at radius 1 is 1.36 bits per heavy atom. The highest BCUT2D eigenvalue weighted by molar-refractivity contribution is 6.31. The van der Waals surface area contributed by atoms with Gasteiger partial charge in [-0.05, 0) is 37.7 Å². The van der Waals surface area contributed by atoms with Gasteiger partial charge in [0.15, 0.2) is 0 Å². The lowest BCUT2D eigenvalue weighted by Gasteiger charge is -2.19. The molecule has 0 aliphatic heterocycles. The fourth-order valence-electron chi connectivity index (χ4n) is 1.46. The molecule has 0 radical (unpaired) electrons. The van der Waals surface area contributed by atoms with Crippen molar-refractivity contribution in [2.75, 3.05) is 0 Å². The van der Waals surface area contributed by atoms with Gasteiger partial charge in [-0.15, -0.1) is 11.6 Å². The van der Waals surface area contributed by atoms with E-state index in [1.807, 2.05) is 0 Å². The second kappa shape index (κ2) is 4.37. The topological polar surface area (TPSA) is 0 Å². The molecule has 64 valence electrons. The minimum atomic E-state index is 0.183. The molecule has 0 aromatic heterocycles. The van der Waals surface area contributed by atoms with Crippen LogP contribution in [0.1, 0.15) is 39.0 Å². The van der Waals surface area contributed by atoms with Crippen LogP contribution in [0, 0.1) is 0 Å². The average molecular weight is 193 g/mol. The Hall–Kier alpha value is 0.320. The number of rotatable bonds is 2. The van der Waals surface area contributed by atoms with Gasteiger partial charge in [0.25, 0.3) is 0 Å². The molecule has 11 heavy (non-hydrogen) atoms. The molecule has 0 N–H and O–H groups in total. The Balaban J connectivity index is 2.65. The molecule has 0 spiro atoms.